The van der Waals surface area contributed by atoms with Crippen molar-refractivity contribution in [3.63, 3.8) is 0 Å². The van der Waals surface area contributed by atoms with Crippen molar-refractivity contribution in [3.8, 4) is 0 Å². The van der Waals surface area contributed by atoms with Gasteiger partial charge in [-0.25, -0.2) is 0 Å². The van der Waals surface area contributed by atoms with Gasteiger partial charge in [-0.3, -0.25) is 0 Å². The molecule has 0 aliphatic heterocycles. The van der Waals surface area contributed by atoms with Gasteiger partial charge >= 0.3 is 68.3 Å². The maximum absolute atomic E-state index is 0. The predicted molar refractivity (Wildman–Crippen MR) is 6.18 cm³/mol. The van der Waals surface area contributed by atoms with Gasteiger partial charge in [-0.05, 0) is 0 Å². The fourth-order valence-electron chi connectivity index (χ4n) is 0. The van der Waals surface area contributed by atoms with Crippen molar-refractivity contribution in [1.82, 2.24) is 0 Å². The van der Waals surface area contributed by atoms with Crippen LogP contribution in [0.2, 0.25) is 0 Å². The summed E-state index contributed by atoms with van der Waals surface area (Å²) in [6.45, 7) is 0. The molecule has 0 aliphatic rings. The molecule has 15 heteroatoms. The average Bonchev–Trinajstić information content (AvgIpc) is 0. The van der Waals surface area contributed by atoms with E-state index >= 15 is 0 Å². The van der Waals surface area contributed by atoms with Gasteiger partial charge in [0.2, 0.25) is 0 Å². The molecule has 0 aliphatic carbocycles. The Morgan fingerprint density at radius 3 is 0.267 bits per heavy atom. The second kappa shape index (κ2) is 511. The molecule has 110 valence electrons. The van der Waals surface area contributed by atoms with Crippen LogP contribution in [0.15, 0.2) is 0 Å². The minimum Gasteiger partial charge on any atom is -2.00 e. The van der Waals surface area contributed by atoms with E-state index in [1.54, 1.807) is 0 Å². The molecule has 0 rings (SSSR count). The number of rotatable bonds is 0. The summed E-state index contributed by atoms with van der Waals surface area (Å²) in [7, 11) is 0. The van der Waals surface area contributed by atoms with Gasteiger partial charge in [-0.2, -0.15) is 0 Å². The van der Waals surface area contributed by atoms with Gasteiger partial charge < -0.3 is 49.3 Å². The Morgan fingerprint density at radius 2 is 0.267 bits per heavy atom. The van der Waals surface area contributed by atoms with E-state index in [1.807, 2.05) is 0 Å². The van der Waals surface area contributed by atoms with Gasteiger partial charge in [0.1, 0.15) is 0 Å². The molecule has 0 aromatic carbocycles. The largest absolute Gasteiger partial charge is 2.00 e. The molecule has 0 heterocycles. The van der Waals surface area contributed by atoms with Gasteiger partial charge in [0.15, 0.2) is 0 Å². The van der Waals surface area contributed by atoms with E-state index in [9.17, 15) is 0 Å². The van der Waals surface area contributed by atoms with Crippen molar-refractivity contribution in [1.29, 1.82) is 0 Å². The topological polar surface area (TPSA) is 256 Å². The van der Waals surface area contributed by atoms with Crippen LogP contribution in [-0.2, 0) is 155 Å². The monoisotopic (exact) mass is 482 g/mol. The molecule has 0 fully saturated rings. The Balaban J connectivity index is 0. The molecule has 0 saturated heterocycles. The van der Waals surface area contributed by atoms with Crippen LogP contribution in [0.3, 0.4) is 0 Å². The normalized spacial score (nSPS) is 0. The first-order chi connectivity index (χ1) is 0. The van der Waals surface area contributed by atoms with Crippen molar-refractivity contribution in [2.75, 3.05) is 0 Å². The number of hydrogen-bond donors (Lipinski definition) is 0. The van der Waals surface area contributed by atoms with Crippen LogP contribution in [0.4, 0.5) is 0 Å². The molecule has 6 radical (unpaired) electrons. The van der Waals surface area contributed by atoms with E-state index < -0.39 is 0 Å². The third-order valence-corrected chi connectivity index (χ3v) is 0. The zero-order valence-corrected chi connectivity index (χ0v) is 13.0. The minimum atomic E-state index is 0. The molecule has 0 N–H and O–H groups in total. The van der Waals surface area contributed by atoms with Crippen molar-refractivity contribution < 1.29 is 155 Å². The summed E-state index contributed by atoms with van der Waals surface area (Å²) in [4.78, 5) is 0. The van der Waals surface area contributed by atoms with Crippen molar-refractivity contribution in [3.05, 3.63) is 0 Å². The van der Waals surface area contributed by atoms with Crippen LogP contribution in [0.5, 0.6) is 0 Å². The zero-order chi connectivity index (χ0) is 0. The second-order valence-corrected chi connectivity index (χ2v) is 0. The molecule has 0 saturated carbocycles. The summed E-state index contributed by atoms with van der Waals surface area (Å²) in [6.07, 6.45) is 0. The summed E-state index contributed by atoms with van der Waals surface area (Å²) in [5, 5.41) is 0. The van der Waals surface area contributed by atoms with Crippen LogP contribution in [0.1, 0.15) is 0 Å². The fraction of sp³-hybridized carbons (Fsp3) is 0. The van der Waals surface area contributed by atoms with Crippen molar-refractivity contribution in [2.24, 2.45) is 0 Å². The number of hydrogen-bond acceptors (Lipinski definition) is 0. The minimum absolute atomic E-state index is 0. The first-order valence-electron chi connectivity index (χ1n) is 0. The molecule has 15 heavy (non-hydrogen) atoms. The molecule has 9 nitrogen and oxygen atoms in total. The second-order valence-electron chi connectivity index (χ2n) is 0. The molecule has 0 atom stereocenters. The molecule has 0 amide bonds. The first kappa shape index (κ1) is 612. The van der Waals surface area contributed by atoms with Gasteiger partial charge in [0, 0.05) is 37.1 Å². The SMILES string of the molecule is [Cu+2].[Cu+2].[Mn+2].[Mn+2].[O-2].[O-2].[O-2].[O-2].[O-2].[O-2].[O-2].[O-2].[O-2].[V].[V]. The summed E-state index contributed by atoms with van der Waals surface area (Å²) < 4.78 is 0. The average molecular weight is 483 g/mol. The van der Waals surface area contributed by atoms with E-state index in [1.165, 1.54) is 0 Å². The Morgan fingerprint density at radius 1 is 0.267 bits per heavy atom. The molecule has 0 spiro atoms. The Bertz CT molecular complexity index is 24.1. The third kappa shape index (κ3) is 449. The summed E-state index contributed by atoms with van der Waals surface area (Å²) in [5.74, 6) is 0. The first-order valence-corrected chi connectivity index (χ1v) is 0. The summed E-state index contributed by atoms with van der Waals surface area (Å²) >= 11 is 0. The maximum Gasteiger partial charge on any atom is 2.00 e. The zero-order valence-electron chi connectivity index (χ0n) is 5.93. The van der Waals surface area contributed by atoms with Crippen LogP contribution in [0, 0.1) is 0 Å². The Hall–Kier alpha value is 2.89. The molecule has 0 aromatic rings. The van der Waals surface area contributed by atoms with E-state index in [2.05, 4.69) is 0 Å². The molecule has 0 unspecified atom stereocenters. The van der Waals surface area contributed by atoms with Crippen LogP contribution < -0.4 is 0 Å². The van der Waals surface area contributed by atoms with Crippen molar-refractivity contribution >= 4 is 0 Å². The van der Waals surface area contributed by atoms with E-state index in [-0.39, 0.29) is 155 Å². The Labute approximate surface area is 153 Å². The molecular weight excluding hydrogens is 483 g/mol. The maximum atomic E-state index is 0. The molecular formula is Cu2Mn2O9V2-10. The van der Waals surface area contributed by atoms with Crippen LogP contribution in [0.25, 0.3) is 0 Å². The standard InChI is InChI=1S/2Cu.2Mn.9O.2V/q4*+2;9*-2;;. The smallest absolute Gasteiger partial charge is 2.00 e. The quantitative estimate of drug-likeness (QED) is 0.373. The Kier molecular flexibility index (Phi) is 20900. The van der Waals surface area contributed by atoms with Crippen molar-refractivity contribution in [2.45, 2.75) is 0 Å². The molecule has 0 aromatic heterocycles. The van der Waals surface area contributed by atoms with Crippen LogP contribution in [-0.4, -0.2) is 0 Å². The van der Waals surface area contributed by atoms with Crippen LogP contribution >= 0.6 is 0 Å². The summed E-state index contributed by atoms with van der Waals surface area (Å²) in [5.41, 5.74) is 0. The summed E-state index contributed by atoms with van der Waals surface area (Å²) in [6, 6.07) is 0. The van der Waals surface area contributed by atoms with E-state index in [0.29, 0.717) is 0 Å². The predicted octanol–water partition coefficient (Wildman–Crippen LogP) is -1.08. The molecule has 0 bridgehead atoms. The van der Waals surface area contributed by atoms with Gasteiger partial charge in [-0.1, -0.05) is 0 Å². The van der Waals surface area contributed by atoms with Gasteiger partial charge in [0.05, 0.1) is 0 Å². The third-order valence-electron chi connectivity index (χ3n) is 0. The van der Waals surface area contributed by atoms with E-state index in [0.717, 1.165) is 0 Å². The van der Waals surface area contributed by atoms with Gasteiger partial charge in [-0.15, -0.1) is 0 Å². The van der Waals surface area contributed by atoms with Gasteiger partial charge in [0.25, 0.3) is 0 Å². The van der Waals surface area contributed by atoms with E-state index in [4.69, 9.17) is 0 Å². The fourth-order valence-corrected chi connectivity index (χ4v) is 0.